The SMILES string of the molecule is O=c1[nH]nc(CO)c2c1CCCC2. The second kappa shape index (κ2) is 3.30. The fourth-order valence-electron chi connectivity index (χ4n) is 1.86. The minimum Gasteiger partial charge on any atom is -0.390 e. The summed E-state index contributed by atoms with van der Waals surface area (Å²) in [5.74, 6) is 0. The van der Waals surface area contributed by atoms with Gasteiger partial charge in [0.1, 0.15) is 0 Å². The fraction of sp³-hybridized carbons (Fsp3) is 0.556. The van der Waals surface area contributed by atoms with Gasteiger partial charge in [0.15, 0.2) is 0 Å². The zero-order valence-corrected chi connectivity index (χ0v) is 7.34. The second-order valence-corrected chi connectivity index (χ2v) is 3.32. The fourth-order valence-corrected chi connectivity index (χ4v) is 1.86. The monoisotopic (exact) mass is 180 g/mol. The molecule has 0 radical (unpaired) electrons. The van der Waals surface area contributed by atoms with Gasteiger partial charge >= 0.3 is 0 Å². The van der Waals surface area contributed by atoms with Crippen molar-refractivity contribution in [3.8, 4) is 0 Å². The number of fused-ring (bicyclic) bond motifs is 1. The minimum atomic E-state index is -0.0908. The molecule has 2 N–H and O–H groups in total. The number of aromatic amines is 1. The summed E-state index contributed by atoms with van der Waals surface area (Å²) in [5, 5.41) is 15.2. The van der Waals surface area contributed by atoms with Crippen LogP contribution in [0, 0.1) is 0 Å². The summed E-state index contributed by atoms with van der Waals surface area (Å²) in [6.07, 6.45) is 3.85. The van der Waals surface area contributed by atoms with Crippen LogP contribution in [-0.2, 0) is 19.4 Å². The molecule has 0 atom stereocenters. The Morgan fingerprint density at radius 1 is 1.31 bits per heavy atom. The average molecular weight is 180 g/mol. The van der Waals surface area contributed by atoms with Gasteiger partial charge in [0.05, 0.1) is 12.3 Å². The highest BCUT2D eigenvalue weighted by molar-refractivity contribution is 5.29. The van der Waals surface area contributed by atoms with E-state index in [0.29, 0.717) is 5.69 Å². The predicted octanol–water partition coefficient (Wildman–Crippen LogP) is 0.141. The molecule has 0 aromatic carbocycles. The van der Waals surface area contributed by atoms with Crippen molar-refractivity contribution in [2.24, 2.45) is 0 Å². The van der Waals surface area contributed by atoms with E-state index in [4.69, 9.17) is 5.11 Å². The van der Waals surface area contributed by atoms with Gasteiger partial charge in [-0.25, -0.2) is 5.10 Å². The molecule has 0 saturated heterocycles. The molecule has 1 aromatic rings. The molecule has 4 heteroatoms. The van der Waals surface area contributed by atoms with Crippen LogP contribution >= 0.6 is 0 Å². The molecule has 1 aromatic heterocycles. The number of hydrogen-bond acceptors (Lipinski definition) is 3. The van der Waals surface area contributed by atoms with Crippen molar-refractivity contribution >= 4 is 0 Å². The van der Waals surface area contributed by atoms with Crippen LogP contribution in [0.4, 0.5) is 0 Å². The summed E-state index contributed by atoms with van der Waals surface area (Å²) in [4.78, 5) is 11.3. The summed E-state index contributed by atoms with van der Waals surface area (Å²) in [6, 6.07) is 0. The lowest BCUT2D eigenvalue weighted by Gasteiger charge is -2.15. The molecular weight excluding hydrogens is 168 g/mol. The van der Waals surface area contributed by atoms with Gasteiger partial charge in [0.2, 0.25) is 0 Å². The molecule has 0 spiro atoms. The van der Waals surface area contributed by atoms with E-state index in [1.807, 2.05) is 0 Å². The third kappa shape index (κ3) is 1.37. The lowest BCUT2D eigenvalue weighted by Crippen LogP contribution is -2.22. The van der Waals surface area contributed by atoms with E-state index in [-0.39, 0.29) is 12.2 Å². The maximum Gasteiger partial charge on any atom is 0.267 e. The highest BCUT2D eigenvalue weighted by atomic mass is 16.3. The van der Waals surface area contributed by atoms with E-state index >= 15 is 0 Å². The Kier molecular flexibility index (Phi) is 2.14. The molecule has 1 aliphatic carbocycles. The molecule has 0 unspecified atom stereocenters. The van der Waals surface area contributed by atoms with Crippen LogP contribution in [0.2, 0.25) is 0 Å². The number of rotatable bonds is 1. The Morgan fingerprint density at radius 2 is 2.00 bits per heavy atom. The Morgan fingerprint density at radius 3 is 2.69 bits per heavy atom. The molecule has 0 amide bonds. The van der Waals surface area contributed by atoms with Gasteiger partial charge in [-0.2, -0.15) is 5.10 Å². The Hall–Kier alpha value is -1.16. The molecular formula is C9H12N2O2. The average Bonchev–Trinajstić information content (AvgIpc) is 2.19. The van der Waals surface area contributed by atoms with Crippen molar-refractivity contribution in [1.82, 2.24) is 10.2 Å². The van der Waals surface area contributed by atoms with Gasteiger partial charge in [0.25, 0.3) is 5.56 Å². The van der Waals surface area contributed by atoms with Crippen molar-refractivity contribution in [2.45, 2.75) is 32.3 Å². The number of nitrogens with one attached hydrogen (secondary N) is 1. The number of aromatic nitrogens is 2. The Balaban J connectivity index is 2.59. The van der Waals surface area contributed by atoms with Gasteiger partial charge in [-0.15, -0.1) is 0 Å². The normalized spacial score (nSPS) is 15.5. The van der Waals surface area contributed by atoms with Gasteiger partial charge in [-0.1, -0.05) is 0 Å². The molecule has 70 valence electrons. The van der Waals surface area contributed by atoms with E-state index in [9.17, 15) is 4.79 Å². The smallest absolute Gasteiger partial charge is 0.267 e. The molecule has 0 saturated carbocycles. The van der Waals surface area contributed by atoms with Crippen molar-refractivity contribution in [3.05, 3.63) is 27.2 Å². The quantitative estimate of drug-likeness (QED) is 0.646. The van der Waals surface area contributed by atoms with Crippen molar-refractivity contribution in [1.29, 1.82) is 0 Å². The van der Waals surface area contributed by atoms with E-state index < -0.39 is 0 Å². The van der Waals surface area contributed by atoms with E-state index in [1.54, 1.807) is 0 Å². The highest BCUT2D eigenvalue weighted by Crippen LogP contribution is 2.19. The first-order chi connectivity index (χ1) is 6.33. The molecule has 1 heterocycles. The number of hydrogen-bond donors (Lipinski definition) is 2. The maximum atomic E-state index is 11.3. The van der Waals surface area contributed by atoms with Crippen LogP contribution in [0.15, 0.2) is 4.79 Å². The van der Waals surface area contributed by atoms with Crippen LogP contribution in [0.5, 0.6) is 0 Å². The summed E-state index contributed by atoms with van der Waals surface area (Å²) in [6.45, 7) is -0.0842. The predicted molar refractivity (Wildman–Crippen MR) is 47.4 cm³/mol. The van der Waals surface area contributed by atoms with Crippen LogP contribution in [0.25, 0.3) is 0 Å². The lowest BCUT2D eigenvalue weighted by molar-refractivity contribution is 0.273. The van der Waals surface area contributed by atoms with E-state index in [2.05, 4.69) is 10.2 Å². The Bertz CT molecular complexity index is 370. The third-order valence-corrected chi connectivity index (χ3v) is 2.53. The maximum absolute atomic E-state index is 11.3. The summed E-state index contributed by atoms with van der Waals surface area (Å²) < 4.78 is 0. The third-order valence-electron chi connectivity index (χ3n) is 2.53. The zero-order valence-electron chi connectivity index (χ0n) is 7.34. The zero-order chi connectivity index (χ0) is 9.26. The van der Waals surface area contributed by atoms with Crippen molar-refractivity contribution in [2.75, 3.05) is 0 Å². The topological polar surface area (TPSA) is 66.0 Å². The number of aliphatic hydroxyl groups is 1. The van der Waals surface area contributed by atoms with Gasteiger partial charge in [0, 0.05) is 5.56 Å². The first-order valence-electron chi connectivity index (χ1n) is 4.53. The Labute approximate surface area is 75.6 Å². The van der Waals surface area contributed by atoms with Crippen molar-refractivity contribution in [3.63, 3.8) is 0 Å². The van der Waals surface area contributed by atoms with Gasteiger partial charge in [-0.05, 0) is 31.2 Å². The van der Waals surface area contributed by atoms with Crippen molar-refractivity contribution < 1.29 is 5.11 Å². The minimum absolute atomic E-state index is 0.0842. The molecule has 0 aliphatic heterocycles. The van der Waals surface area contributed by atoms with Crippen LogP contribution < -0.4 is 5.56 Å². The largest absolute Gasteiger partial charge is 0.390 e. The molecule has 4 nitrogen and oxygen atoms in total. The van der Waals surface area contributed by atoms with Crippen LogP contribution in [-0.4, -0.2) is 15.3 Å². The summed E-state index contributed by atoms with van der Waals surface area (Å²) in [5.41, 5.74) is 2.34. The molecule has 1 aliphatic rings. The van der Waals surface area contributed by atoms with E-state index in [0.717, 1.165) is 36.8 Å². The molecule has 0 bridgehead atoms. The highest BCUT2D eigenvalue weighted by Gasteiger charge is 2.16. The molecule has 0 fully saturated rings. The van der Waals surface area contributed by atoms with Crippen LogP contribution in [0.3, 0.4) is 0 Å². The standard InChI is InChI=1S/C9H12N2O2/c12-5-8-6-3-1-2-4-7(6)9(13)11-10-8/h12H,1-5H2,(H,11,13). The second-order valence-electron chi connectivity index (χ2n) is 3.32. The van der Waals surface area contributed by atoms with Gasteiger partial charge < -0.3 is 5.11 Å². The van der Waals surface area contributed by atoms with Gasteiger partial charge in [-0.3, -0.25) is 4.79 Å². The summed E-state index contributed by atoms with van der Waals surface area (Å²) >= 11 is 0. The summed E-state index contributed by atoms with van der Waals surface area (Å²) in [7, 11) is 0. The number of aliphatic hydroxyl groups excluding tert-OH is 1. The first-order valence-corrected chi connectivity index (χ1v) is 4.53. The molecule has 2 rings (SSSR count). The first kappa shape index (κ1) is 8.44. The lowest BCUT2D eigenvalue weighted by atomic mass is 9.92. The number of nitrogens with zero attached hydrogens (tertiary/aromatic N) is 1. The number of H-pyrrole nitrogens is 1. The van der Waals surface area contributed by atoms with E-state index in [1.165, 1.54) is 0 Å². The van der Waals surface area contributed by atoms with Crippen LogP contribution in [0.1, 0.15) is 29.7 Å². The molecule has 13 heavy (non-hydrogen) atoms.